The molecule has 0 radical (unpaired) electrons. The lowest BCUT2D eigenvalue weighted by Crippen LogP contribution is -2.52. The molecule has 0 spiro atoms. The molecular formula is C23H39N3O3S2. The van der Waals surface area contributed by atoms with E-state index in [-0.39, 0.29) is 18.0 Å². The van der Waals surface area contributed by atoms with Crippen LogP contribution in [0.5, 0.6) is 0 Å². The van der Waals surface area contributed by atoms with Crippen molar-refractivity contribution in [3.63, 3.8) is 0 Å². The number of hydrogen-bond donors (Lipinski definition) is 0. The van der Waals surface area contributed by atoms with Crippen LogP contribution in [0.1, 0.15) is 54.9 Å². The number of nitrogens with zero attached hydrogens (tertiary/aromatic N) is 3. The van der Waals surface area contributed by atoms with Crippen LogP contribution in [0.3, 0.4) is 0 Å². The van der Waals surface area contributed by atoms with E-state index in [0.29, 0.717) is 25.4 Å². The molecule has 176 valence electrons. The molecule has 1 aromatic heterocycles. The molecule has 1 heterocycles. The normalized spacial score (nSPS) is 12.0. The summed E-state index contributed by atoms with van der Waals surface area (Å²) in [6.07, 6.45) is 2.63. The third-order valence-corrected chi connectivity index (χ3v) is 8.04. The maximum absolute atomic E-state index is 12.9. The van der Waals surface area contributed by atoms with Crippen molar-refractivity contribution in [3.05, 3.63) is 24.4 Å². The van der Waals surface area contributed by atoms with E-state index < -0.39 is 10.8 Å². The predicted octanol–water partition coefficient (Wildman–Crippen LogP) is 5.59. The zero-order chi connectivity index (χ0) is 23.7. The van der Waals surface area contributed by atoms with Gasteiger partial charge in [-0.2, -0.15) is 0 Å². The zero-order valence-corrected chi connectivity index (χ0v) is 21.9. The molecule has 0 N–H and O–H groups in total. The molecule has 0 bridgehead atoms. The van der Waals surface area contributed by atoms with Gasteiger partial charge in [-0.15, -0.1) is 0 Å². The van der Waals surface area contributed by atoms with E-state index in [1.807, 2.05) is 71.7 Å². The molecule has 0 aliphatic rings. The summed E-state index contributed by atoms with van der Waals surface area (Å²) < 4.78 is 5.61. The van der Waals surface area contributed by atoms with Crippen molar-refractivity contribution in [2.45, 2.75) is 66.0 Å². The van der Waals surface area contributed by atoms with Crippen LogP contribution in [-0.4, -0.2) is 65.3 Å². The van der Waals surface area contributed by atoms with Crippen LogP contribution in [-0.2, 0) is 9.53 Å². The summed E-state index contributed by atoms with van der Waals surface area (Å²) in [6, 6.07) is 5.91. The van der Waals surface area contributed by atoms with Crippen LogP contribution < -0.4 is 0 Å². The van der Waals surface area contributed by atoms with Gasteiger partial charge in [0.2, 0.25) is 0 Å². The van der Waals surface area contributed by atoms with Crippen molar-refractivity contribution in [2.75, 3.05) is 32.5 Å². The number of pyridine rings is 1. The van der Waals surface area contributed by atoms with E-state index in [1.54, 1.807) is 32.7 Å². The molecule has 0 aliphatic carbocycles. The Morgan fingerprint density at radius 2 is 1.87 bits per heavy atom. The highest BCUT2D eigenvalue weighted by Gasteiger charge is 2.46. The Labute approximate surface area is 196 Å². The van der Waals surface area contributed by atoms with Crippen molar-refractivity contribution in [3.8, 4) is 0 Å². The molecule has 0 saturated heterocycles. The van der Waals surface area contributed by atoms with Gasteiger partial charge in [-0.3, -0.25) is 4.79 Å². The Hall–Kier alpha value is -1.41. The molecule has 6 nitrogen and oxygen atoms in total. The van der Waals surface area contributed by atoms with Crippen molar-refractivity contribution in [1.82, 2.24) is 14.8 Å². The first kappa shape index (κ1) is 27.6. The van der Waals surface area contributed by atoms with E-state index in [0.717, 1.165) is 11.4 Å². The van der Waals surface area contributed by atoms with Crippen LogP contribution in [0.2, 0.25) is 0 Å². The number of urea groups is 1. The standard InChI is InChI=1S/C23H39N3O3S2/c1-9-14-26(21(28)25(8)18(2)3)17-22(4,5)23(6,7)20(27)29-15-16-30-31-19-12-10-11-13-24-19/h10-13,18H,9,14-17H2,1-8H3. The van der Waals surface area contributed by atoms with E-state index in [9.17, 15) is 9.59 Å². The second-order valence-electron chi connectivity index (χ2n) is 9.13. The van der Waals surface area contributed by atoms with Gasteiger partial charge in [0.05, 0.1) is 5.41 Å². The minimum atomic E-state index is -0.742. The van der Waals surface area contributed by atoms with Crippen molar-refractivity contribution < 1.29 is 14.3 Å². The Morgan fingerprint density at radius 1 is 1.19 bits per heavy atom. The summed E-state index contributed by atoms with van der Waals surface area (Å²) in [6.45, 7) is 15.4. The number of amides is 2. The second-order valence-corrected chi connectivity index (χ2v) is 11.6. The fourth-order valence-electron chi connectivity index (χ4n) is 2.75. The summed E-state index contributed by atoms with van der Waals surface area (Å²) in [5.74, 6) is 0.449. The molecule has 8 heteroatoms. The number of ether oxygens (including phenoxy) is 1. The first-order valence-corrected chi connectivity index (χ1v) is 13.2. The van der Waals surface area contributed by atoms with E-state index >= 15 is 0 Å². The summed E-state index contributed by atoms with van der Waals surface area (Å²) in [5, 5.41) is 0.937. The molecule has 0 fully saturated rings. The third-order valence-electron chi connectivity index (χ3n) is 5.81. The van der Waals surface area contributed by atoms with Crippen molar-refractivity contribution in [2.24, 2.45) is 10.8 Å². The largest absolute Gasteiger partial charge is 0.464 e. The molecule has 0 saturated carbocycles. The minimum absolute atomic E-state index is 0.00274. The van der Waals surface area contributed by atoms with Gasteiger partial charge in [0.1, 0.15) is 11.6 Å². The van der Waals surface area contributed by atoms with Gasteiger partial charge in [-0.25, -0.2) is 9.78 Å². The second kappa shape index (κ2) is 12.6. The van der Waals surface area contributed by atoms with Crippen LogP contribution in [0, 0.1) is 10.8 Å². The molecule has 0 aliphatic heterocycles. The van der Waals surface area contributed by atoms with Crippen LogP contribution in [0.4, 0.5) is 4.79 Å². The molecule has 0 atom stereocenters. The van der Waals surface area contributed by atoms with Crippen molar-refractivity contribution in [1.29, 1.82) is 0 Å². The molecule has 0 unspecified atom stereocenters. The number of hydrogen-bond acceptors (Lipinski definition) is 6. The lowest BCUT2D eigenvalue weighted by Gasteiger charge is -2.43. The molecule has 2 amide bonds. The highest BCUT2D eigenvalue weighted by Crippen LogP contribution is 2.40. The minimum Gasteiger partial charge on any atom is -0.464 e. The maximum atomic E-state index is 12.9. The lowest BCUT2D eigenvalue weighted by molar-refractivity contribution is -0.161. The number of esters is 1. The average Bonchev–Trinajstić information content (AvgIpc) is 2.72. The monoisotopic (exact) mass is 469 g/mol. The summed E-state index contributed by atoms with van der Waals surface area (Å²) in [5.41, 5.74) is -1.20. The fourth-order valence-corrected chi connectivity index (χ4v) is 4.46. The first-order chi connectivity index (χ1) is 14.4. The highest BCUT2D eigenvalue weighted by atomic mass is 33.1. The molecule has 1 aromatic rings. The first-order valence-electron chi connectivity index (χ1n) is 10.8. The zero-order valence-electron chi connectivity index (χ0n) is 20.3. The van der Waals surface area contributed by atoms with E-state index in [4.69, 9.17) is 4.74 Å². The molecule has 31 heavy (non-hydrogen) atoms. The average molecular weight is 470 g/mol. The number of carbonyl (C=O) groups excluding carboxylic acids is 2. The molecule has 0 aromatic carbocycles. The highest BCUT2D eigenvalue weighted by molar-refractivity contribution is 8.76. The van der Waals surface area contributed by atoms with Crippen molar-refractivity contribution >= 4 is 33.6 Å². The SMILES string of the molecule is CCCN(CC(C)(C)C(C)(C)C(=O)OCCSSc1ccccn1)C(=O)N(C)C(C)C. The topological polar surface area (TPSA) is 62.7 Å². The summed E-state index contributed by atoms with van der Waals surface area (Å²) >= 11 is 0. The van der Waals surface area contributed by atoms with E-state index in [2.05, 4.69) is 11.9 Å². The lowest BCUT2D eigenvalue weighted by atomic mass is 9.67. The van der Waals surface area contributed by atoms with Gasteiger partial charge in [0.15, 0.2) is 0 Å². The van der Waals surface area contributed by atoms with Crippen LogP contribution >= 0.6 is 21.6 Å². The maximum Gasteiger partial charge on any atom is 0.319 e. The van der Waals surface area contributed by atoms with Gasteiger partial charge in [0.25, 0.3) is 0 Å². The Bertz CT molecular complexity index is 697. The summed E-state index contributed by atoms with van der Waals surface area (Å²) in [7, 11) is 5.01. The molecule has 1 rings (SSSR count). The molecular weight excluding hydrogens is 430 g/mol. The Balaban J connectivity index is 2.65. The third kappa shape index (κ3) is 8.22. The smallest absolute Gasteiger partial charge is 0.319 e. The van der Waals surface area contributed by atoms with Gasteiger partial charge < -0.3 is 14.5 Å². The van der Waals surface area contributed by atoms with E-state index in [1.165, 1.54) is 0 Å². The number of aromatic nitrogens is 1. The fraction of sp³-hybridized carbons (Fsp3) is 0.696. The number of rotatable bonds is 12. The van der Waals surface area contributed by atoms with Crippen LogP contribution in [0.15, 0.2) is 29.4 Å². The Morgan fingerprint density at radius 3 is 2.42 bits per heavy atom. The van der Waals surface area contributed by atoms with Gasteiger partial charge in [-0.05, 0) is 62.5 Å². The Kier molecular flexibility index (Phi) is 11.2. The van der Waals surface area contributed by atoms with Crippen LogP contribution in [0.25, 0.3) is 0 Å². The van der Waals surface area contributed by atoms with Gasteiger partial charge in [-0.1, -0.05) is 37.6 Å². The predicted molar refractivity (Wildman–Crippen MR) is 131 cm³/mol. The number of carbonyl (C=O) groups is 2. The van der Waals surface area contributed by atoms with Gasteiger partial charge >= 0.3 is 12.0 Å². The van der Waals surface area contributed by atoms with Gasteiger partial charge in [0, 0.05) is 38.1 Å². The summed E-state index contributed by atoms with van der Waals surface area (Å²) in [4.78, 5) is 33.7. The quantitative estimate of drug-likeness (QED) is 0.226.